The molecular weight excluding hydrogens is 447 g/mol. The summed E-state index contributed by atoms with van der Waals surface area (Å²) in [6.45, 7) is 10.8. The molecule has 0 bridgehead atoms. The molecular formula is C22H31BN2O7S. The number of carbonyl (C=O) groups is 1. The van der Waals surface area contributed by atoms with Crippen LogP contribution in [0.4, 0.5) is 0 Å². The van der Waals surface area contributed by atoms with Gasteiger partial charge in [0.2, 0.25) is 0 Å². The quantitative estimate of drug-likeness (QED) is 0.434. The van der Waals surface area contributed by atoms with E-state index in [1.54, 1.807) is 25.1 Å². The third-order valence-corrected chi connectivity index (χ3v) is 8.74. The Kier molecular flexibility index (Phi) is 6.55. The fraction of sp³-hybridized carbons (Fsp3) is 0.591. The molecule has 2 heterocycles. The van der Waals surface area contributed by atoms with Gasteiger partial charge < -0.3 is 14.0 Å². The Hall–Kier alpha value is -2.24. The maximum Gasteiger partial charge on any atom is 0.494 e. The van der Waals surface area contributed by atoms with Gasteiger partial charge in [-0.15, -0.1) is 0 Å². The number of hydrogen-bond donors (Lipinski definition) is 0. The Morgan fingerprint density at radius 3 is 2.36 bits per heavy atom. The number of carbonyl (C=O) groups excluding carboxylic acids is 1. The van der Waals surface area contributed by atoms with Crippen molar-refractivity contribution >= 4 is 39.3 Å². The summed E-state index contributed by atoms with van der Waals surface area (Å²) in [5.74, 6) is -0.832. The van der Waals surface area contributed by atoms with Gasteiger partial charge in [-0.3, -0.25) is 14.2 Å². The van der Waals surface area contributed by atoms with Crippen molar-refractivity contribution in [3.8, 4) is 0 Å². The molecule has 180 valence electrons. The van der Waals surface area contributed by atoms with E-state index in [1.165, 1.54) is 17.8 Å². The summed E-state index contributed by atoms with van der Waals surface area (Å²) in [5.41, 5.74) is -0.0961. The van der Waals surface area contributed by atoms with Gasteiger partial charge in [-0.25, -0.2) is 13.4 Å². The molecule has 1 saturated heterocycles. The van der Waals surface area contributed by atoms with Crippen LogP contribution in [0.1, 0.15) is 48.0 Å². The van der Waals surface area contributed by atoms with Crippen LogP contribution >= 0.6 is 0 Å². The van der Waals surface area contributed by atoms with E-state index in [0.29, 0.717) is 10.9 Å². The van der Waals surface area contributed by atoms with Crippen molar-refractivity contribution < 1.29 is 27.3 Å². The molecule has 0 N–H and O–H groups in total. The number of benzene rings is 1. The lowest BCUT2D eigenvalue weighted by atomic mass is 9.79. The maximum absolute atomic E-state index is 13.0. The highest BCUT2D eigenvalue weighted by Gasteiger charge is 2.51. The van der Waals surface area contributed by atoms with Gasteiger partial charge in [-0.2, -0.15) is 0 Å². The molecule has 0 amide bonds. The molecule has 0 radical (unpaired) electrons. The fourth-order valence-corrected chi connectivity index (χ4v) is 4.34. The summed E-state index contributed by atoms with van der Waals surface area (Å²) < 4.78 is 41.3. The van der Waals surface area contributed by atoms with Gasteiger partial charge in [0.15, 0.2) is 14.6 Å². The number of aryl methyl sites for hydroxylation is 1. The highest BCUT2D eigenvalue weighted by molar-refractivity contribution is 7.92. The summed E-state index contributed by atoms with van der Waals surface area (Å²) in [4.78, 5) is 29.8. The van der Waals surface area contributed by atoms with E-state index in [9.17, 15) is 18.0 Å². The van der Waals surface area contributed by atoms with Gasteiger partial charge in [0, 0.05) is 12.8 Å². The van der Waals surface area contributed by atoms with Gasteiger partial charge in [0.05, 0.1) is 35.0 Å². The monoisotopic (exact) mass is 478 g/mol. The van der Waals surface area contributed by atoms with Crippen molar-refractivity contribution in [2.45, 2.75) is 70.5 Å². The van der Waals surface area contributed by atoms with E-state index in [0.717, 1.165) is 11.7 Å². The van der Waals surface area contributed by atoms with Gasteiger partial charge >= 0.3 is 13.1 Å². The van der Waals surface area contributed by atoms with Crippen molar-refractivity contribution in [1.29, 1.82) is 0 Å². The topological polar surface area (TPSA) is 114 Å². The highest BCUT2D eigenvalue weighted by Crippen LogP contribution is 2.36. The van der Waals surface area contributed by atoms with Gasteiger partial charge in [0.1, 0.15) is 0 Å². The van der Waals surface area contributed by atoms with Gasteiger partial charge in [0.25, 0.3) is 5.56 Å². The van der Waals surface area contributed by atoms with Gasteiger partial charge in [-0.1, -0.05) is 6.07 Å². The molecule has 1 fully saturated rings. The highest BCUT2D eigenvalue weighted by atomic mass is 32.2. The zero-order chi connectivity index (χ0) is 24.8. The number of sulfone groups is 1. The first-order valence-corrected chi connectivity index (χ1v) is 12.7. The van der Waals surface area contributed by atoms with E-state index in [4.69, 9.17) is 14.0 Å². The molecule has 1 atom stereocenters. The van der Waals surface area contributed by atoms with Crippen LogP contribution in [0.25, 0.3) is 10.9 Å². The molecule has 0 aliphatic carbocycles. The first kappa shape index (κ1) is 25.4. The van der Waals surface area contributed by atoms with E-state index in [1.807, 2.05) is 27.7 Å². The smallest absolute Gasteiger partial charge is 0.465 e. The maximum atomic E-state index is 13.0. The van der Waals surface area contributed by atoms with Gasteiger partial charge in [-0.05, 0) is 65.6 Å². The lowest BCUT2D eigenvalue weighted by Crippen LogP contribution is -2.45. The molecule has 3 rings (SSSR count). The Labute approximate surface area is 194 Å². The number of esters is 1. The molecule has 0 unspecified atom stereocenters. The predicted molar refractivity (Wildman–Crippen MR) is 126 cm³/mol. The van der Waals surface area contributed by atoms with Crippen LogP contribution in [0, 0.1) is 0 Å². The van der Waals surface area contributed by atoms with Crippen molar-refractivity contribution in [3.63, 3.8) is 0 Å². The molecule has 1 aromatic heterocycles. The Morgan fingerprint density at radius 1 is 1.21 bits per heavy atom. The zero-order valence-corrected chi connectivity index (χ0v) is 21.0. The summed E-state index contributed by atoms with van der Waals surface area (Å²) in [7, 11) is -4.36. The van der Waals surface area contributed by atoms with Crippen molar-refractivity contribution in [3.05, 3.63) is 34.9 Å². The van der Waals surface area contributed by atoms with Crippen LogP contribution < -0.4 is 11.0 Å². The number of ether oxygens (including phenoxy) is 1. The first-order chi connectivity index (χ1) is 15.1. The Balaban J connectivity index is 1.88. The molecule has 1 aromatic carbocycles. The molecule has 11 heteroatoms. The van der Waals surface area contributed by atoms with Crippen LogP contribution in [-0.4, -0.2) is 59.9 Å². The lowest BCUT2D eigenvalue weighted by molar-refractivity contribution is -0.146. The first-order valence-electron chi connectivity index (χ1n) is 10.8. The van der Waals surface area contributed by atoms with E-state index < -0.39 is 38.9 Å². The lowest BCUT2D eigenvalue weighted by Gasteiger charge is -2.32. The second kappa shape index (κ2) is 8.52. The van der Waals surface area contributed by atoms with Crippen molar-refractivity contribution in [1.82, 2.24) is 9.55 Å². The third kappa shape index (κ3) is 4.58. The van der Waals surface area contributed by atoms with E-state index in [-0.39, 0.29) is 25.1 Å². The summed E-state index contributed by atoms with van der Waals surface area (Å²) >= 11 is 0. The average molecular weight is 478 g/mol. The molecule has 9 nitrogen and oxygen atoms in total. The normalized spacial score (nSPS) is 19.4. The van der Waals surface area contributed by atoms with Crippen LogP contribution in [-0.2, 0) is 35.2 Å². The SMILES string of the molecule is CCOC(=O)[C@@](C)(CCn1cnc2cc(B3OC(C)(C)C(C)(C)O3)ccc2c1=O)S(C)(=O)=O. The number of hydrogen-bond acceptors (Lipinski definition) is 8. The molecule has 1 aliphatic heterocycles. The number of nitrogens with zero attached hydrogens (tertiary/aromatic N) is 2. The third-order valence-electron chi connectivity index (χ3n) is 6.73. The minimum atomic E-state index is -3.78. The van der Waals surface area contributed by atoms with Crippen molar-refractivity contribution in [2.24, 2.45) is 0 Å². The molecule has 1 aliphatic rings. The average Bonchev–Trinajstić information content (AvgIpc) is 2.93. The van der Waals surface area contributed by atoms with E-state index >= 15 is 0 Å². The van der Waals surface area contributed by atoms with E-state index in [2.05, 4.69) is 4.98 Å². The summed E-state index contributed by atoms with van der Waals surface area (Å²) in [5, 5.41) is 0.370. The summed E-state index contributed by atoms with van der Waals surface area (Å²) in [6, 6.07) is 5.17. The minimum absolute atomic E-state index is 0.0108. The Bertz CT molecular complexity index is 1220. The molecule has 0 spiro atoms. The number of rotatable bonds is 7. The summed E-state index contributed by atoms with van der Waals surface area (Å²) in [6.07, 6.45) is 2.22. The molecule has 33 heavy (non-hydrogen) atoms. The molecule has 2 aromatic rings. The van der Waals surface area contributed by atoms with Crippen LogP contribution in [0.15, 0.2) is 29.3 Å². The molecule has 0 saturated carbocycles. The van der Waals surface area contributed by atoms with Crippen LogP contribution in [0.2, 0.25) is 0 Å². The zero-order valence-electron chi connectivity index (χ0n) is 20.2. The Morgan fingerprint density at radius 2 is 1.82 bits per heavy atom. The fourth-order valence-electron chi connectivity index (χ4n) is 3.52. The number of aromatic nitrogens is 2. The standard InChI is InChI=1S/C22H31BN2O7S/c1-8-30-19(27)22(6,33(7,28)29)11-12-25-14-24-17-13-15(9-10-16(17)18(25)26)23-31-20(2,3)21(4,5)32-23/h9-10,13-14H,8,11-12H2,1-7H3/t22-/m1/s1. The van der Waals surface area contributed by atoms with Crippen LogP contribution in [0.5, 0.6) is 0 Å². The van der Waals surface area contributed by atoms with Crippen LogP contribution in [0.3, 0.4) is 0 Å². The second-order valence-electron chi connectivity index (χ2n) is 9.58. The predicted octanol–water partition coefficient (Wildman–Crippen LogP) is 1.45. The minimum Gasteiger partial charge on any atom is -0.465 e. The van der Waals surface area contributed by atoms with Crippen molar-refractivity contribution in [2.75, 3.05) is 12.9 Å². The second-order valence-corrected chi connectivity index (χ2v) is 12.0. The number of fused-ring (bicyclic) bond motifs is 1. The largest absolute Gasteiger partial charge is 0.494 e.